The van der Waals surface area contributed by atoms with Crippen molar-refractivity contribution >= 4 is 35.0 Å². The average molecular weight is 417 g/mol. The maximum Gasteiger partial charge on any atom is 0.253 e. The first-order valence-electron chi connectivity index (χ1n) is 8.55. The summed E-state index contributed by atoms with van der Waals surface area (Å²) >= 11 is 11.9. The molecule has 0 aliphatic heterocycles. The molecular formula is C21H18Cl2N2O3. The van der Waals surface area contributed by atoms with E-state index in [-0.39, 0.29) is 19.0 Å². The maximum absolute atomic E-state index is 12.3. The molecule has 0 fully saturated rings. The number of nitrogens with zero attached hydrogens (tertiary/aromatic N) is 1. The van der Waals surface area contributed by atoms with Crippen molar-refractivity contribution in [3.05, 3.63) is 82.0 Å². The fourth-order valence-corrected chi connectivity index (χ4v) is 2.93. The van der Waals surface area contributed by atoms with Crippen LogP contribution in [0, 0.1) is 0 Å². The van der Waals surface area contributed by atoms with Crippen molar-refractivity contribution in [2.24, 2.45) is 0 Å². The molecule has 0 aliphatic rings. The van der Waals surface area contributed by atoms with Gasteiger partial charge in [0, 0.05) is 17.6 Å². The Labute approximate surface area is 172 Å². The van der Waals surface area contributed by atoms with Gasteiger partial charge in [0.15, 0.2) is 0 Å². The highest BCUT2D eigenvalue weighted by Crippen LogP contribution is 2.24. The lowest BCUT2D eigenvalue weighted by Crippen LogP contribution is -2.37. The van der Waals surface area contributed by atoms with E-state index in [9.17, 15) is 9.59 Å². The van der Waals surface area contributed by atoms with E-state index in [1.165, 1.54) is 4.90 Å². The zero-order valence-electron chi connectivity index (χ0n) is 15.1. The lowest BCUT2D eigenvalue weighted by atomic mass is 10.2. The molecule has 1 aromatic heterocycles. The van der Waals surface area contributed by atoms with Crippen molar-refractivity contribution in [3.63, 3.8) is 0 Å². The normalized spacial score (nSPS) is 10.5. The maximum atomic E-state index is 12.3. The Morgan fingerprint density at radius 2 is 1.71 bits per heavy atom. The Kier molecular flexibility index (Phi) is 6.39. The van der Waals surface area contributed by atoms with E-state index in [0.717, 1.165) is 5.56 Å². The van der Waals surface area contributed by atoms with Gasteiger partial charge in [-0.2, -0.15) is 0 Å². The van der Waals surface area contributed by atoms with Crippen LogP contribution in [0.5, 0.6) is 0 Å². The molecule has 0 radical (unpaired) electrons. The molecule has 1 heterocycles. The summed E-state index contributed by atoms with van der Waals surface area (Å²) in [5.74, 6) is 0.693. The van der Waals surface area contributed by atoms with E-state index in [1.54, 1.807) is 43.4 Å². The highest BCUT2D eigenvalue weighted by molar-refractivity contribution is 6.33. The number of nitrogens with one attached hydrogen (secondary N) is 1. The van der Waals surface area contributed by atoms with Gasteiger partial charge in [0.2, 0.25) is 5.91 Å². The third-order valence-corrected chi connectivity index (χ3v) is 4.71. The summed E-state index contributed by atoms with van der Waals surface area (Å²) in [6, 6.07) is 17.6. The smallest absolute Gasteiger partial charge is 0.253 e. The number of benzene rings is 2. The van der Waals surface area contributed by atoms with Crippen molar-refractivity contribution in [2.75, 3.05) is 13.6 Å². The van der Waals surface area contributed by atoms with E-state index in [1.807, 2.05) is 24.3 Å². The number of carbonyl (C=O) groups is 2. The summed E-state index contributed by atoms with van der Waals surface area (Å²) in [5.41, 5.74) is 1.23. The molecule has 0 atom stereocenters. The van der Waals surface area contributed by atoms with Gasteiger partial charge in [0.25, 0.3) is 5.91 Å². The molecule has 0 saturated heterocycles. The van der Waals surface area contributed by atoms with Crippen molar-refractivity contribution in [2.45, 2.75) is 6.54 Å². The first-order chi connectivity index (χ1) is 13.4. The molecule has 28 heavy (non-hydrogen) atoms. The third-order valence-electron chi connectivity index (χ3n) is 4.13. The lowest BCUT2D eigenvalue weighted by molar-refractivity contribution is -0.129. The van der Waals surface area contributed by atoms with Crippen LogP contribution in [0.2, 0.25) is 10.0 Å². The number of likely N-dealkylation sites (N-methyl/N-ethyl adjacent to an activating group) is 1. The van der Waals surface area contributed by atoms with Gasteiger partial charge < -0.3 is 14.6 Å². The molecule has 0 aliphatic carbocycles. The predicted molar refractivity (Wildman–Crippen MR) is 109 cm³/mol. The second kappa shape index (κ2) is 8.95. The number of hydrogen-bond acceptors (Lipinski definition) is 3. The van der Waals surface area contributed by atoms with Crippen molar-refractivity contribution in [1.29, 1.82) is 0 Å². The SMILES string of the molecule is CN(Cc1ccc(-c2ccc(Cl)cc2)o1)C(=O)CNC(=O)c1ccccc1Cl. The van der Waals surface area contributed by atoms with Crippen molar-refractivity contribution in [1.82, 2.24) is 10.2 Å². The quantitative estimate of drug-likeness (QED) is 0.636. The Balaban J connectivity index is 1.55. The van der Waals surface area contributed by atoms with Crippen molar-refractivity contribution in [3.8, 4) is 11.3 Å². The van der Waals surface area contributed by atoms with E-state index >= 15 is 0 Å². The topological polar surface area (TPSA) is 62.6 Å². The zero-order chi connectivity index (χ0) is 20.1. The largest absolute Gasteiger partial charge is 0.459 e. The van der Waals surface area contributed by atoms with Crippen LogP contribution in [-0.2, 0) is 11.3 Å². The molecule has 0 bridgehead atoms. The molecule has 144 valence electrons. The molecule has 3 rings (SSSR count). The van der Waals surface area contributed by atoms with Gasteiger partial charge in [0.05, 0.1) is 23.7 Å². The summed E-state index contributed by atoms with van der Waals surface area (Å²) in [6.45, 7) is 0.152. The molecule has 2 aromatic carbocycles. The molecular weight excluding hydrogens is 399 g/mol. The summed E-state index contributed by atoms with van der Waals surface area (Å²) in [6.07, 6.45) is 0. The highest BCUT2D eigenvalue weighted by atomic mass is 35.5. The minimum atomic E-state index is -0.393. The van der Waals surface area contributed by atoms with Crippen LogP contribution in [0.4, 0.5) is 0 Å². The molecule has 7 heteroatoms. The monoisotopic (exact) mass is 416 g/mol. The minimum Gasteiger partial charge on any atom is -0.459 e. The van der Waals surface area contributed by atoms with E-state index in [2.05, 4.69) is 5.32 Å². The number of hydrogen-bond donors (Lipinski definition) is 1. The average Bonchev–Trinajstić information content (AvgIpc) is 3.15. The molecule has 0 spiro atoms. The molecule has 3 aromatic rings. The van der Waals surface area contributed by atoms with Gasteiger partial charge in [-0.1, -0.05) is 35.3 Å². The van der Waals surface area contributed by atoms with Crippen LogP contribution in [0.15, 0.2) is 65.1 Å². The lowest BCUT2D eigenvalue weighted by Gasteiger charge is -2.16. The molecule has 0 saturated carbocycles. The van der Waals surface area contributed by atoms with Gasteiger partial charge >= 0.3 is 0 Å². The Hall–Kier alpha value is -2.76. The van der Waals surface area contributed by atoms with Crippen molar-refractivity contribution < 1.29 is 14.0 Å². The Bertz CT molecular complexity index is 983. The summed E-state index contributed by atoms with van der Waals surface area (Å²) in [4.78, 5) is 25.9. The van der Waals surface area contributed by atoms with Crippen LogP contribution in [0.25, 0.3) is 11.3 Å². The number of carbonyl (C=O) groups excluding carboxylic acids is 2. The first-order valence-corrected chi connectivity index (χ1v) is 9.31. The summed E-state index contributed by atoms with van der Waals surface area (Å²) in [5, 5.41) is 3.58. The van der Waals surface area contributed by atoms with Gasteiger partial charge in [-0.25, -0.2) is 0 Å². The number of halogens is 2. The van der Waals surface area contributed by atoms with E-state index in [0.29, 0.717) is 27.1 Å². The zero-order valence-corrected chi connectivity index (χ0v) is 16.6. The van der Waals surface area contributed by atoms with E-state index in [4.69, 9.17) is 27.6 Å². The highest BCUT2D eigenvalue weighted by Gasteiger charge is 2.15. The minimum absolute atomic E-state index is 0.134. The Morgan fingerprint density at radius 3 is 2.43 bits per heavy atom. The van der Waals surface area contributed by atoms with Gasteiger partial charge in [-0.15, -0.1) is 0 Å². The molecule has 0 unspecified atom stereocenters. The second-order valence-electron chi connectivity index (χ2n) is 6.19. The summed E-state index contributed by atoms with van der Waals surface area (Å²) < 4.78 is 5.80. The van der Waals surface area contributed by atoms with Crippen LogP contribution in [-0.4, -0.2) is 30.3 Å². The second-order valence-corrected chi connectivity index (χ2v) is 7.03. The number of rotatable bonds is 6. The standard InChI is InChI=1S/C21H18Cl2N2O3/c1-25(20(26)12-24-21(27)17-4-2-3-5-18(17)23)13-16-10-11-19(28-16)14-6-8-15(22)9-7-14/h2-11H,12-13H2,1H3,(H,24,27). The Morgan fingerprint density at radius 1 is 1.00 bits per heavy atom. The number of furan rings is 1. The molecule has 1 N–H and O–H groups in total. The van der Waals surface area contributed by atoms with Crippen LogP contribution in [0.3, 0.4) is 0 Å². The van der Waals surface area contributed by atoms with E-state index < -0.39 is 5.91 Å². The summed E-state index contributed by atoms with van der Waals surface area (Å²) in [7, 11) is 1.65. The first kappa shape index (κ1) is 20.0. The van der Waals surface area contributed by atoms with Gasteiger partial charge in [-0.05, 0) is 48.5 Å². The van der Waals surface area contributed by atoms with Crippen LogP contribution in [0.1, 0.15) is 16.1 Å². The molecule has 2 amide bonds. The van der Waals surface area contributed by atoms with Gasteiger partial charge in [-0.3, -0.25) is 9.59 Å². The predicted octanol–water partition coefficient (Wildman–Crippen LogP) is 4.64. The van der Waals surface area contributed by atoms with Crippen LogP contribution >= 0.6 is 23.2 Å². The third kappa shape index (κ3) is 4.94. The van der Waals surface area contributed by atoms with Gasteiger partial charge in [0.1, 0.15) is 11.5 Å². The number of amides is 2. The fraction of sp³-hybridized carbons (Fsp3) is 0.143. The molecule has 5 nitrogen and oxygen atoms in total. The fourth-order valence-electron chi connectivity index (χ4n) is 2.59. The van der Waals surface area contributed by atoms with Crippen LogP contribution < -0.4 is 5.32 Å².